The van der Waals surface area contributed by atoms with E-state index < -0.39 is 97.3 Å². The molecule has 0 saturated carbocycles. The smallest absolute Gasteiger partial charge is 0.748 e. The first kappa shape index (κ1) is 52.4. The Morgan fingerprint density at radius 3 is 1.76 bits per heavy atom. The maximum absolute atomic E-state index is 15.3. The van der Waals surface area contributed by atoms with E-state index in [1.165, 1.54) is 33.8 Å². The average Bonchev–Trinajstić information content (AvgIpc) is 3.32. The Hall–Kier alpha value is -0.630. The van der Waals surface area contributed by atoms with Crippen molar-refractivity contribution < 1.29 is 154 Å². The van der Waals surface area contributed by atoms with Crippen LogP contribution in [-0.2, 0) is 51.3 Å². The zero-order valence-corrected chi connectivity index (χ0v) is 40.6. The number of rotatable bonds is 12. The second-order valence-electron chi connectivity index (χ2n) is 13.2. The van der Waals surface area contributed by atoms with Crippen LogP contribution in [0, 0.1) is 11.6 Å². The Morgan fingerprint density at radius 1 is 0.745 bits per heavy atom. The molecule has 2 heterocycles. The van der Waals surface area contributed by atoms with E-state index in [9.17, 15) is 51.9 Å². The fourth-order valence-corrected chi connectivity index (χ4v) is 8.07. The van der Waals surface area contributed by atoms with Crippen molar-refractivity contribution >= 4 is 57.6 Å². The summed E-state index contributed by atoms with van der Waals surface area (Å²) in [6.07, 6.45) is 9.16. The maximum atomic E-state index is 15.3. The minimum Gasteiger partial charge on any atom is -0.748 e. The van der Waals surface area contributed by atoms with Crippen LogP contribution in [0.3, 0.4) is 0 Å². The average molecular weight is 871 g/mol. The van der Waals surface area contributed by atoms with Crippen LogP contribution in [-0.4, -0.2) is 86.8 Å². The Labute approximate surface area is 386 Å². The van der Waals surface area contributed by atoms with Gasteiger partial charge in [0.25, 0.3) is 0 Å². The first-order valence-electron chi connectivity index (χ1n) is 15.2. The molecular formula is C32H33F2N2Na3O12S4. The van der Waals surface area contributed by atoms with Gasteiger partial charge in [-0.25, -0.2) is 38.1 Å². The molecular weight excluding hydrogens is 838 g/mol. The molecule has 0 aliphatic carbocycles. The van der Waals surface area contributed by atoms with Gasteiger partial charge in [0.1, 0.15) is 36.2 Å². The third-order valence-corrected chi connectivity index (χ3v) is 11.7. The standard InChI is InChI=1S/C32H36F2N2O12S4.3Na/c1-20(8-6-10-27-31(2,3)23-16-21(51(43,44)45)18-25(33)29(23)35(27)12-14-49(37,38)39)9-7-11-28-32(4,5)24-17-22(52(46,47)48)19-26(34)30(24)36(28)13-15-50(40,41)42;;;/h6-11,16-19H,12-15H2,1-5H3,(H3-,37,38,39,40,41,42,43,44,45,46,47,48);;;/q;3*+1/p-3/i33-1,34-1;;;. The van der Waals surface area contributed by atoms with Crippen LogP contribution in [0.4, 0.5) is 20.2 Å². The second-order valence-corrected chi connectivity index (χ2v) is 19.0. The molecule has 14 nitrogen and oxygen atoms in total. The van der Waals surface area contributed by atoms with Crippen LogP contribution in [0.1, 0.15) is 45.7 Å². The van der Waals surface area contributed by atoms with Gasteiger partial charge < -0.3 is 23.1 Å². The summed E-state index contributed by atoms with van der Waals surface area (Å²) in [6.45, 7) is 7.04. The molecule has 4 rings (SSSR count). The van der Waals surface area contributed by atoms with Crippen LogP contribution in [0.15, 0.2) is 81.8 Å². The number of nitrogens with zero attached hydrogens (tertiary/aromatic N) is 2. The third kappa shape index (κ3) is 12.2. The van der Waals surface area contributed by atoms with Crippen LogP contribution in [0.25, 0.3) is 0 Å². The monoisotopic (exact) mass is 870 g/mol. The summed E-state index contributed by atoms with van der Waals surface area (Å²) in [6, 6.07) is 3.05. The predicted molar refractivity (Wildman–Crippen MR) is 181 cm³/mol. The molecule has 55 heavy (non-hydrogen) atoms. The van der Waals surface area contributed by atoms with Gasteiger partial charge in [-0.3, -0.25) is 0 Å². The van der Waals surface area contributed by atoms with Crippen molar-refractivity contribution in [2.45, 2.75) is 55.2 Å². The van der Waals surface area contributed by atoms with Gasteiger partial charge in [0.2, 0.25) is 5.69 Å². The summed E-state index contributed by atoms with van der Waals surface area (Å²) in [4.78, 5) is -0.428. The fourth-order valence-electron chi connectivity index (χ4n) is 6.24. The van der Waals surface area contributed by atoms with E-state index in [0.717, 1.165) is 12.1 Å². The molecule has 0 N–H and O–H groups in total. The molecule has 0 saturated heterocycles. The number of fused-ring (bicyclic) bond motifs is 2. The molecule has 2 aromatic carbocycles. The first-order valence-corrected chi connectivity index (χ1v) is 21.2. The summed E-state index contributed by atoms with van der Waals surface area (Å²) in [5, 5.41) is 0. The van der Waals surface area contributed by atoms with Gasteiger partial charge in [0, 0.05) is 29.3 Å². The number of anilines is 1. The molecule has 0 bridgehead atoms. The topological polar surface area (TPSA) is 235 Å². The number of allylic oxidation sites excluding steroid dienone is 8. The number of hydrogen-bond donors (Lipinski definition) is 0. The van der Waals surface area contributed by atoms with E-state index in [0.29, 0.717) is 17.7 Å². The van der Waals surface area contributed by atoms with Gasteiger partial charge in [0.05, 0.1) is 42.5 Å². The summed E-state index contributed by atoms with van der Waals surface area (Å²) in [5.74, 6) is -4.05. The molecule has 284 valence electrons. The van der Waals surface area contributed by atoms with E-state index in [-0.39, 0.29) is 123 Å². The van der Waals surface area contributed by atoms with Crippen LogP contribution in [0.5, 0.6) is 0 Å². The summed E-state index contributed by atoms with van der Waals surface area (Å²) in [7, 11) is -19.6. The van der Waals surface area contributed by atoms with Crippen molar-refractivity contribution in [3.05, 3.63) is 94.8 Å². The molecule has 2 aliphatic rings. The van der Waals surface area contributed by atoms with Gasteiger partial charge in [-0.1, -0.05) is 43.7 Å². The molecule has 2 aromatic rings. The summed E-state index contributed by atoms with van der Waals surface area (Å²) >= 11 is 0. The van der Waals surface area contributed by atoms with Gasteiger partial charge in [-0.05, 0) is 56.7 Å². The van der Waals surface area contributed by atoms with E-state index in [4.69, 9.17) is 0 Å². The van der Waals surface area contributed by atoms with Crippen LogP contribution < -0.4 is 93.6 Å². The van der Waals surface area contributed by atoms with Crippen LogP contribution in [0.2, 0.25) is 0 Å². The zero-order chi connectivity index (χ0) is 39.4. The fraction of sp³-hybridized carbons (Fsp3) is 0.344. The number of benzene rings is 2. The van der Waals surface area contributed by atoms with Gasteiger partial charge in [-0.15, -0.1) is 0 Å². The van der Waals surface area contributed by atoms with Crippen molar-refractivity contribution in [1.82, 2.24) is 0 Å². The molecule has 0 fully saturated rings. The molecule has 2 aliphatic heterocycles. The summed E-state index contributed by atoms with van der Waals surface area (Å²) in [5.41, 5.74) is -1.48. The molecule has 0 spiro atoms. The van der Waals surface area contributed by atoms with Crippen molar-refractivity contribution in [2.75, 3.05) is 29.5 Å². The predicted octanol–water partition coefficient (Wildman–Crippen LogP) is -6.01. The molecule has 0 radical (unpaired) electrons. The molecule has 0 aromatic heterocycles. The number of hydrogen-bond acceptors (Lipinski definition) is 13. The van der Waals surface area contributed by atoms with Crippen molar-refractivity contribution in [2.24, 2.45) is 0 Å². The van der Waals surface area contributed by atoms with Gasteiger partial charge >= 0.3 is 88.7 Å². The second kappa shape index (κ2) is 18.7. The summed E-state index contributed by atoms with van der Waals surface area (Å²) < 4.78 is 171. The van der Waals surface area contributed by atoms with E-state index in [2.05, 4.69) is 0 Å². The minimum absolute atomic E-state index is 0. The Kier molecular flexibility index (Phi) is 17.9. The van der Waals surface area contributed by atoms with E-state index >= 15 is 8.78 Å². The van der Waals surface area contributed by atoms with Gasteiger partial charge in [0.15, 0.2) is 18.1 Å². The largest absolute Gasteiger partial charge is 1.00 e. The SMILES string of the molecule is CC(/C=C/C=C1/N(CCS(=O)(=O)[O-])c2c([18F])cc(S(=O)(=O)[O-])cc2C1(C)C)=C\C=C\C1=[N+](CCS(=O)(=O)[O-])c2c([18F])cc(S(=O)(=O)[O-])cc2C1(C)C.[Na+].[Na+].[Na+]. The normalized spacial score (nSPS) is 17.6. The Balaban J connectivity index is 0.00000504. The zero-order valence-electron chi connectivity index (χ0n) is 31.3. The molecule has 23 heteroatoms. The Bertz CT molecular complexity index is 2460. The quantitative estimate of drug-likeness (QED) is 0.0838. The third-order valence-electron chi connectivity index (χ3n) is 8.76. The van der Waals surface area contributed by atoms with Crippen molar-refractivity contribution in [3.63, 3.8) is 0 Å². The van der Waals surface area contributed by atoms with E-state index in [1.54, 1.807) is 46.8 Å². The minimum atomic E-state index is -5.06. The first-order chi connectivity index (χ1) is 23.6. The van der Waals surface area contributed by atoms with E-state index in [1.807, 2.05) is 0 Å². The number of halogens is 2. The molecule has 0 atom stereocenters. The van der Waals surface area contributed by atoms with Crippen LogP contribution >= 0.6 is 0 Å². The van der Waals surface area contributed by atoms with Crippen molar-refractivity contribution in [3.8, 4) is 0 Å². The van der Waals surface area contributed by atoms with Crippen molar-refractivity contribution in [1.29, 1.82) is 0 Å². The molecule has 0 amide bonds. The molecule has 0 unspecified atom stereocenters. The van der Waals surface area contributed by atoms with Gasteiger partial charge in [-0.2, -0.15) is 8.97 Å². The maximum Gasteiger partial charge on any atom is 1.00 e. The Morgan fingerprint density at radius 2 is 1.25 bits per heavy atom.